The molecule has 0 unspecified atom stereocenters. The molecule has 0 spiro atoms. The Morgan fingerprint density at radius 1 is 1.37 bits per heavy atom. The van der Waals surface area contributed by atoms with E-state index in [4.69, 9.17) is 16.3 Å². The Hall–Kier alpha value is -1.96. The molecule has 9 heteroatoms. The summed E-state index contributed by atoms with van der Waals surface area (Å²) in [5.74, 6) is 0.472. The maximum atomic E-state index is 13.1. The molecule has 0 aliphatic heterocycles. The molecule has 27 heavy (non-hydrogen) atoms. The van der Waals surface area contributed by atoms with E-state index in [1.807, 2.05) is 0 Å². The van der Waals surface area contributed by atoms with Crippen molar-refractivity contribution < 1.29 is 18.3 Å². The van der Waals surface area contributed by atoms with Gasteiger partial charge in [0.05, 0.1) is 12.5 Å². The molecule has 2 aromatic rings. The Balaban J connectivity index is 1.70. The van der Waals surface area contributed by atoms with Gasteiger partial charge < -0.3 is 10.1 Å². The normalized spacial score (nSPS) is 27.3. The van der Waals surface area contributed by atoms with E-state index in [0.29, 0.717) is 23.9 Å². The van der Waals surface area contributed by atoms with Crippen molar-refractivity contribution in [3.63, 3.8) is 0 Å². The van der Waals surface area contributed by atoms with Gasteiger partial charge in [-0.15, -0.1) is 5.10 Å². The van der Waals surface area contributed by atoms with Crippen LogP contribution >= 0.6 is 11.6 Å². The van der Waals surface area contributed by atoms with Gasteiger partial charge in [-0.2, -0.15) is 4.98 Å². The van der Waals surface area contributed by atoms with E-state index in [0.717, 1.165) is 25.7 Å². The zero-order valence-electron chi connectivity index (χ0n) is 14.9. The van der Waals surface area contributed by atoms with E-state index in [9.17, 15) is 13.6 Å². The minimum atomic E-state index is -2.61. The maximum absolute atomic E-state index is 13.1. The van der Waals surface area contributed by atoms with Crippen molar-refractivity contribution >= 4 is 28.9 Å². The molecular formula is C18H21ClF2N4O2. The van der Waals surface area contributed by atoms with Crippen molar-refractivity contribution in [2.45, 2.75) is 45.1 Å². The highest BCUT2D eigenvalue weighted by Crippen LogP contribution is 2.47. The molecule has 1 N–H and O–H groups in total. The predicted molar refractivity (Wildman–Crippen MR) is 95.9 cm³/mol. The van der Waals surface area contributed by atoms with Crippen LogP contribution in [-0.2, 0) is 9.53 Å². The first-order valence-electron chi connectivity index (χ1n) is 9.25. The lowest BCUT2D eigenvalue weighted by Crippen LogP contribution is -2.52. The Bertz CT molecular complexity index is 851. The smallest absolute Gasteiger partial charge is 0.311 e. The fourth-order valence-electron chi connectivity index (χ4n) is 4.61. The summed E-state index contributed by atoms with van der Waals surface area (Å²) in [5, 5.41) is 7.26. The topological polar surface area (TPSA) is 68.5 Å². The van der Waals surface area contributed by atoms with Gasteiger partial charge in [0.1, 0.15) is 5.52 Å². The number of rotatable bonds is 5. The van der Waals surface area contributed by atoms with Crippen LogP contribution in [0.1, 0.15) is 44.6 Å². The Labute approximate surface area is 160 Å². The number of hydrogen-bond acceptors (Lipinski definition) is 5. The van der Waals surface area contributed by atoms with Crippen LogP contribution in [0.3, 0.4) is 0 Å². The lowest BCUT2D eigenvalue weighted by atomic mass is 9.61. The molecule has 0 amide bonds. The summed E-state index contributed by atoms with van der Waals surface area (Å²) in [7, 11) is 0. The molecule has 0 aromatic carbocycles. The summed E-state index contributed by atoms with van der Waals surface area (Å²) in [5.41, 5.74) is 0.264. The minimum Gasteiger partial charge on any atom is -0.466 e. The van der Waals surface area contributed by atoms with Gasteiger partial charge in [0.25, 0.3) is 6.43 Å². The summed E-state index contributed by atoms with van der Waals surface area (Å²) in [6.07, 6.45) is 2.69. The molecular weight excluding hydrogens is 378 g/mol. The second-order valence-corrected chi connectivity index (χ2v) is 7.59. The zero-order valence-corrected chi connectivity index (χ0v) is 15.6. The fraction of sp³-hybridized carbons (Fsp3) is 0.611. The Kier molecular flexibility index (Phi) is 4.92. The number of hydrogen-bond donors (Lipinski definition) is 1. The van der Waals surface area contributed by atoms with Crippen LogP contribution in [0.5, 0.6) is 0 Å². The summed E-state index contributed by atoms with van der Waals surface area (Å²) < 4.78 is 32.8. The number of nitrogens with one attached hydrogen (secondary N) is 1. The Morgan fingerprint density at radius 3 is 2.74 bits per heavy atom. The molecule has 2 aromatic heterocycles. The standard InChI is InChI=1S/C18H21ClF2N4O2/c1-2-27-17(26)13-9-3-5-10(6-4-9)14(13)22-16-12-7-11(15(20)21)8-25(12)24-18(19)23-16/h7-10,13-15H,2-6H2,1H3,(H,22,23,24)/t9-,10+,13-,14-/m0/s1. The molecule has 2 atom stereocenters. The highest BCUT2D eigenvalue weighted by atomic mass is 35.5. The van der Waals surface area contributed by atoms with Gasteiger partial charge in [-0.3, -0.25) is 4.79 Å². The average Bonchev–Trinajstić information content (AvgIpc) is 3.07. The van der Waals surface area contributed by atoms with E-state index in [1.165, 1.54) is 16.8 Å². The van der Waals surface area contributed by atoms with Gasteiger partial charge in [0.2, 0.25) is 5.28 Å². The summed E-state index contributed by atoms with van der Waals surface area (Å²) in [6.45, 7) is 2.13. The van der Waals surface area contributed by atoms with Crippen LogP contribution in [0.15, 0.2) is 12.3 Å². The molecule has 146 valence electrons. The monoisotopic (exact) mass is 398 g/mol. The summed E-state index contributed by atoms with van der Waals surface area (Å²) in [6, 6.07) is 1.19. The number of ether oxygens (including phenoxy) is 1. The van der Waals surface area contributed by atoms with Crippen molar-refractivity contribution in [2.75, 3.05) is 11.9 Å². The molecule has 0 radical (unpaired) electrons. The lowest BCUT2D eigenvalue weighted by molar-refractivity contribution is -0.154. The maximum Gasteiger partial charge on any atom is 0.311 e. The first-order chi connectivity index (χ1) is 13.0. The third-order valence-electron chi connectivity index (χ3n) is 5.79. The van der Waals surface area contributed by atoms with E-state index in [1.54, 1.807) is 6.92 Å². The van der Waals surface area contributed by atoms with Crippen LogP contribution in [0, 0.1) is 17.8 Å². The Morgan fingerprint density at radius 2 is 2.07 bits per heavy atom. The largest absolute Gasteiger partial charge is 0.466 e. The first kappa shape index (κ1) is 18.4. The van der Waals surface area contributed by atoms with Crippen molar-refractivity contribution in [1.82, 2.24) is 14.6 Å². The SMILES string of the molecule is CCOC(=O)[C@H]1[C@H]2CC[C@H](CC2)[C@@H]1Nc1nc(Cl)nn2cc(C(F)F)cc12. The second-order valence-electron chi connectivity index (χ2n) is 7.26. The van der Waals surface area contributed by atoms with E-state index >= 15 is 0 Å². The number of aromatic nitrogens is 3. The number of esters is 1. The van der Waals surface area contributed by atoms with Crippen molar-refractivity contribution in [1.29, 1.82) is 0 Å². The van der Waals surface area contributed by atoms with Crippen LogP contribution in [0.25, 0.3) is 5.52 Å². The van der Waals surface area contributed by atoms with Crippen LogP contribution in [0.2, 0.25) is 5.28 Å². The molecule has 6 nitrogen and oxygen atoms in total. The number of halogens is 3. The van der Waals surface area contributed by atoms with Crippen molar-refractivity contribution in [3.8, 4) is 0 Å². The van der Waals surface area contributed by atoms with Gasteiger partial charge in [-0.1, -0.05) is 0 Å². The third-order valence-corrected chi connectivity index (χ3v) is 5.95. The molecule has 3 saturated carbocycles. The molecule has 2 heterocycles. The first-order valence-corrected chi connectivity index (χ1v) is 9.63. The van der Waals surface area contributed by atoms with Gasteiger partial charge in [0, 0.05) is 17.8 Å². The van der Waals surface area contributed by atoms with Crippen LogP contribution in [0.4, 0.5) is 14.6 Å². The summed E-state index contributed by atoms with van der Waals surface area (Å²) >= 11 is 6.00. The van der Waals surface area contributed by atoms with E-state index in [2.05, 4.69) is 15.4 Å². The zero-order chi connectivity index (χ0) is 19.1. The van der Waals surface area contributed by atoms with Crippen molar-refractivity contribution in [3.05, 3.63) is 23.1 Å². The highest BCUT2D eigenvalue weighted by molar-refractivity contribution is 6.28. The van der Waals surface area contributed by atoms with E-state index < -0.39 is 6.43 Å². The third kappa shape index (κ3) is 3.35. The highest BCUT2D eigenvalue weighted by Gasteiger charge is 2.48. The van der Waals surface area contributed by atoms with Crippen molar-refractivity contribution in [2.24, 2.45) is 17.8 Å². The number of anilines is 1. The quantitative estimate of drug-likeness (QED) is 0.768. The molecule has 5 rings (SSSR count). The fourth-order valence-corrected chi connectivity index (χ4v) is 4.78. The summed E-state index contributed by atoms with van der Waals surface area (Å²) in [4.78, 5) is 16.8. The number of alkyl halides is 2. The predicted octanol–water partition coefficient (Wildman–Crippen LogP) is 4.10. The second kappa shape index (κ2) is 7.22. The average molecular weight is 399 g/mol. The molecule has 2 bridgehead atoms. The van der Waals surface area contributed by atoms with Gasteiger partial charge >= 0.3 is 5.97 Å². The van der Waals surface area contributed by atoms with Crippen LogP contribution < -0.4 is 5.32 Å². The number of nitrogens with zero attached hydrogens (tertiary/aromatic N) is 3. The van der Waals surface area contributed by atoms with Gasteiger partial charge in [-0.25, -0.2) is 13.3 Å². The number of carbonyl (C=O) groups is 1. The minimum absolute atomic E-state index is 0.0462. The molecule has 3 aliphatic carbocycles. The molecule has 0 saturated heterocycles. The van der Waals surface area contributed by atoms with E-state index in [-0.39, 0.29) is 34.7 Å². The van der Waals surface area contributed by atoms with Gasteiger partial charge in [-0.05, 0) is 62.1 Å². The lowest BCUT2D eigenvalue weighted by Gasteiger charge is -2.47. The molecule has 3 aliphatic rings. The number of fused-ring (bicyclic) bond motifs is 4. The van der Waals surface area contributed by atoms with Crippen LogP contribution in [-0.4, -0.2) is 33.2 Å². The van der Waals surface area contributed by atoms with Gasteiger partial charge in [0.15, 0.2) is 5.82 Å². The number of carbonyl (C=O) groups excluding carboxylic acids is 1. The molecule has 3 fully saturated rings.